The molecule has 0 aliphatic heterocycles. The molecule has 0 saturated carbocycles. The van der Waals surface area contributed by atoms with Crippen LogP contribution in [-0.2, 0) is 4.79 Å². The van der Waals surface area contributed by atoms with Crippen molar-refractivity contribution in [1.82, 2.24) is 0 Å². The highest BCUT2D eigenvalue weighted by Gasteiger charge is 2.06. The highest BCUT2D eigenvalue weighted by molar-refractivity contribution is 5.96. The number of carbonyl (C=O) groups is 1. The standard InChI is InChI=1S/C20H19NO4/c1-14-6-7-19(10-15(14)2)25-9-8-24-18-5-3-4-16(12-18)11-17(13-21)20(22)23/h3-7,10-12H,8-9H2,1-2H3,(H,22,23). The van der Waals surface area contributed by atoms with Gasteiger partial charge < -0.3 is 14.6 Å². The molecule has 0 bridgehead atoms. The normalized spacial score (nSPS) is 10.8. The largest absolute Gasteiger partial charge is 0.490 e. The second kappa shape index (κ2) is 8.55. The summed E-state index contributed by atoms with van der Waals surface area (Å²) in [7, 11) is 0. The summed E-state index contributed by atoms with van der Waals surface area (Å²) in [4.78, 5) is 10.9. The van der Waals surface area contributed by atoms with Gasteiger partial charge in [-0.05, 0) is 60.9 Å². The Labute approximate surface area is 146 Å². The molecule has 25 heavy (non-hydrogen) atoms. The van der Waals surface area contributed by atoms with Crippen LogP contribution in [0.25, 0.3) is 6.08 Å². The Balaban J connectivity index is 1.91. The number of nitriles is 1. The maximum atomic E-state index is 10.9. The zero-order valence-electron chi connectivity index (χ0n) is 14.2. The lowest BCUT2D eigenvalue weighted by Crippen LogP contribution is -2.09. The maximum Gasteiger partial charge on any atom is 0.346 e. The molecule has 128 valence electrons. The Morgan fingerprint density at radius 3 is 2.36 bits per heavy atom. The van der Waals surface area contributed by atoms with E-state index in [2.05, 4.69) is 0 Å². The predicted octanol–water partition coefficient (Wildman–Crippen LogP) is 3.75. The molecule has 0 heterocycles. The SMILES string of the molecule is Cc1ccc(OCCOc2cccc(C=C(C#N)C(=O)O)c2)cc1C. The molecule has 5 nitrogen and oxygen atoms in total. The molecule has 0 aromatic heterocycles. The second-order valence-electron chi connectivity index (χ2n) is 5.49. The van der Waals surface area contributed by atoms with Crippen LogP contribution in [-0.4, -0.2) is 24.3 Å². The van der Waals surface area contributed by atoms with Gasteiger partial charge in [0.1, 0.15) is 36.4 Å². The third-order valence-corrected chi connectivity index (χ3v) is 3.62. The van der Waals surface area contributed by atoms with Crippen molar-refractivity contribution >= 4 is 12.0 Å². The van der Waals surface area contributed by atoms with Gasteiger partial charge in [-0.25, -0.2) is 4.79 Å². The van der Waals surface area contributed by atoms with Crippen molar-refractivity contribution in [2.45, 2.75) is 13.8 Å². The van der Waals surface area contributed by atoms with E-state index >= 15 is 0 Å². The second-order valence-corrected chi connectivity index (χ2v) is 5.49. The van der Waals surface area contributed by atoms with Gasteiger partial charge >= 0.3 is 5.97 Å². The number of benzene rings is 2. The van der Waals surface area contributed by atoms with Crippen molar-refractivity contribution in [2.24, 2.45) is 0 Å². The molecule has 0 radical (unpaired) electrons. The quantitative estimate of drug-likeness (QED) is 0.473. The van der Waals surface area contributed by atoms with Crippen LogP contribution in [0.2, 0.25) is 0 Å². The monoisotopic (exact) mass is 337 g/mol. The lowest BCUT2D eigenvalue weighted by atomic mass is 10.1. The van der Waals surface area contributed by atoms with Gasteiger partial charge in [-0.2, -0.15) is 5.26 Å². The first-order chi connectivity index (χ1) is 12.0. The van der Waals surface area contributed by atoms with E-state index in [0.717, 1.165) is 5.75 Å². The van der Waals surface area contributed by atoms with E-state index in [1.807, 2.05) is 32.0 Å². The van der Waals surface area contributed by atoms with Crippen molar-refractivity contribution in [1.29, 1.82) is 5.26 Å². The van der Waals surface area contributed by atoms with Gasteiger partial charge in [0, 0.05) is 0 Å². The first kappa shape index (κ1) is 18.1. The summed E-state index contributed by atoms with van der Waals surface area (Å²) in [6.07, 6.45) is 1.31. The fourth-order valence-corrected chi connectivity index (χ4v) is 2.13. The van der Waals surface area contributed by atoms with Gasteiger partial charge in [0.05, 0.1) is 0 Å². The van der Waals surface area contributed by atoms with Gasteiger partial charge in [-0.1, -0.05) is 18.2 Å². The minimum absolute atomic E-state index is 0.324. The van der Waals surface area contributed by atoms with Gasteiger partial charge in [-0.3, -0.25) is 0 Å². The Hall–Kier alpha value is -3.26. The van der Waals surface area contributed by atoms with Crippen molar-refractivity contribution < 1.29 is 19.4 Å². The van der Waals surface area contributed by atoms with Crippen LogP contribution in [0.4, 0.5) is 0 Å². The van der Waals surface area contributed by atoms with Gasteiger partial charge in [-0.15, -0.1) is 0 Å². The molecule has 2 rings (SSSR count). The van der Waals surface area contributed by atoms with Crippen LogP contribution in [0.5, 0.6) is 11.5 Å². The number of aryl methyl sites for hydroxylation is 2. The third kappa shape index (κ3) is 5.40. The Bertz CT molecular complexity index is 834. The molecule has 0 spiro atoms. The summed E-state index contributed by atoms with van der Waals surface area (Å²) in [6, 6.07) is 14.4. The van der Waals surface area contributed by atoms with E-state index in [1.165, 1.54) is 17.2 Å². The molecule has 2 aromatic carbocycles. The predicted molar refractivity (Wildman–Crippen MR) is 94.6 cm³/mol. The summed E-state index contributed by atoms with van der Waals surface area (Å²) in [5.74, 6) is 0.124. The van der Waals surface area contributed by atoms with Gasteiger partial charge in [0.2, 0.25) is 0 Å². The number of hydrogen-bond donors (Lipinski definition) is 1. The summed E-state index contributed by atoms with van der Waals surface area (Å²) < 4.78 is 11.3. The Morgan fingerprint density at radius 2 is 1.76 bits per heavy atom. The zero-order valence-corrected chi connectivity index (χ0v) is 14.2. The molecular weight excluding hydrogens is 318 g/mol. The number of carboxylic acids is 1. The summed E-state index contributed by atoms with van der Waals surface area (Å²) >= 11 is 0. The molecule has 1 N–H and O–H groups in total. The van der Waals surface area contributed by atoms with Crippen molar-refractivity contribution in [3.05, 3.63) is 64.7 Å². The minimum Gasteiger partial charge on any atom is -0.490 e. The molecular formula is C20H19NO4. The first-order valence-corrected chi connectivity index (χ1v) is 7.77. The van der Waals surface area contributed by atoms with Crippen molar-refractivity contribution in [3.63, 3.8) is 0 Å². The molecule has 0 aliphatic rings. The summed E-state index contributed by atoms with van der Waals surface area (Å²) in [5, 5.41) is 17.7. The fourth-order valence-electron chi connectivity index (χ4n) is 2.13. The highest BCUT2D eigenvalue weighted by atomic mass is 16.5. The molecule has 0 atom stereocenters. The van der Waals surface area contributed by atoms with E-state index in [0.29, 0.717) is 24.5 Å². The van der Waals surface area contributed by atoms with Crippen LogP contribution in [0.15, 0.2) is 48.0 Å². The zero-order chi connectivity index (χ0) is 18.2. The van der Waals surface area contributed by atoms with Crippen LogP contribution >= 0.6 is 0 Å². The lowest BCUT2D eigenvalue weighted by Gasteiger charge is -2.10. The Kier molecular flexibility index (Phi) is 6.19. The van der Waals surface area contributed by atoms with Crippen LogP contribution in [0.3, 0.4) is 0 Å². The van der Waals surface area contributed by atoms with Gasteiger partial charge in [0.15, 0.2) is 0 Å². The lowest BCUT2D eigenvalue weighted by molar-refractivity contribution is -0.132. The van der Waals surface area contributed by atoms with E-state index in [9.17, 15) is 4.79 Å². The topological polar surface area (TPSA) is 79.5 Å². The first-order valence-electron chi connectivity index (χ1n) is 7.77. The summed E-state index contributed by atoms with van der Waals surface area (Å²) in [6.45, 7) is 4.82. The molecule has 2 aromatic rings. The fraction of sp³-hybridized carbons (Fsp3) is 0.200. The number of rotatable bonds is 7. The van der Waals surface area contributed by atoms with E-state index < -0.39 is 5.97 Å². The number of aliphatic carboxylic acids is 1. The number of ether oxygens (including phenoxy) is 2. The van der Waals surface area contributed by atoms with E-state index in [1.54, 1.807) is 30.3 Å². The maximum absolute atomic E-state index is 10.9. The minimum atomic E-state index is -1.25. The summed E-state index contributed by atoms with van der Waals surface area (Å²) in [5.41, 5.74) is 2.65. The number of nitrogens with zero attached hydrogens (tertiary/aromatic N) is 1. The third-order valence-electron chi connectivity index (χ3n) is 3.62. The van der Waals surface area contributed by atoms with Crippen molar-refractivity contribution in [2.75, 3.05) is 13.2 Å². The Morgan fingerprint density at radius 1 is 1.08 bits per heavy atom. The molecule has 0 fully saturated rings. The molecule has 0 amide bonds. The molecule has 5 heteroatoms. The molecule has 0 aliphatic carbocycles. The van der Waals surface area contributed by atoms with E-state index in [-0.39, 0.29) is 5.57 Å². The van der Waals surface area contributed by atoms with Gasteiger partial charge in [0.25, 0.3) is 0 Å². The van der Waals surface area contributed by atoms with Crippen LogP contribution < -0.4 is 9.47 Å². The average Bonchev–Trinajstić information content (AvgIpc) is 2.59. The van der Waals surface area contributed by atoms with Crippen molar-refractivity contribution in [3.8, 4) is 17.6 Å². The molecule has 0 saturated heterocycles. The number of carboxylic acid groups (broad SMARTS) is 1. The van der Waals surface area contributed by atoms with Crippen LogP contribution in [0.1, 0.15) is 16.7 Å². The molecule has 0 unspecified atom stereocenters. The highest BCUT2D eigenvalue weighted by Crippen LogP contribution is 2.18. The van der Waals surface area contributed by atoms with E-state index in [4.69, 9.17) is 19.8 Å². The smallest absolute Gasteiger partial charge is 0.346 e. The van der Waals surface area contributed by atoms with Crippen LogP contribution in [0, 0.1) is 25.2 Å². The average molecular weight is 337 g/mol. The number of hydrogen-bond acceptors (Lipinski definition) is 4.